The Labute approximate surface area is 105 Å². The van der Waals surface area contributed by atoms with Gasteiger partial charge in [-0.1, -0.05) is 23.5 Å². The molecule has 0 aliphatic heterocycles. The van der Waals surface area contributed by atoms with Crippen molar-refractivity contribution < 1.29 is 4.48 Å². The maximum atomic E-state index is 11.8. The first-order chi connectivity index (χ1) is 6.97. The lowest BCUT2D eigenvalue weighted by Crippen LogP contribution is -2.38. The smallest absolute Gasteiger partial charge is 0.312 e. The molecule has 0 spiro atoms. The Morgan fingerprint density at radius 2 is 1.88 bits per heavy atom. The van der Waals surface area contributed by atoms with Gasteiger partial charge in [0, 0.05) is 0 Å². The number of nitrogens with zero attached hydrogens (tertiary/aromatic N) is 2. The Bertz CT molecular complexity index is 539. The number of fused-ring (bicyclic) bond motifs is 1. The van der Waals surface area contributed by atoms with Gasteiger partial charge in [0.15, 0.2) is 6.67 Å². The summed E-state index contributed by atoms with van der Waals surface area (Å²) < 4.78 is 3.66. The summed E-state index contributed by atoms with van der Waals surface area (Å²) in [5, 5.41) is 0. The lowest BCUT2D eigenvalue weighted by molar-refractivity contribution is -0.892. The van der Waals surface area contributed by atoms with Crippen LogP contribution in [0, 0.1) is 0 Å². The molecule has 0 aliphatic rings. The quantitative estimate of drug-likeness (QED) is 0.758. The van der Waals surface area contributed by atoms with E-state index in [1.807, 2.05) is 28.8 Å². The fourth-order valence-electron chi connectivity index (χ4n) is 1.57. The molecule has 0 aliphatic carbocycles. The predicted molar refractivity (Wildman–Crippen MR) is 71.4 cm³/mol. The van der Waals surface area contributed by atoms with Crippen LogP contribution >= 0.6 is 23.7 Å². The van der Waals surface area contributed by atoms with Gasteiger partial charge in [-0.25, -0.2) is 0 Å². The second kappa shape index (κ2) is 4.57. The Morgan fingerprint density at radius 1 is 1.25 bits per heavy atom. The summed E-state index contributed by atoms with van der Waals surface area (Å²) >= 11 is 1.32. The van der Waals surface area contributed by atoms with E-state index < -0.39 is 0 Å². The summed E-state index contributed by atoms with van der Waals surface area (Å²) in [6.07, 6.45) is 0. The largest absolute Gasteiger partial charge is 0.313 e. The zero-order valence-electron chi connectivity index (χ0n) is 9.64. The van der Waals surface area contributed by atoms with Crippen LogP contribution in [0.3, 0.4) is 0 Å². The van der Waals surface area contributed by atoms with Gasteiger partial charge >= 0.3 is 4.87 Å². The Hall–Kier alpha value is -0.840. The van der Waals surface area contributed by atoms with E-state index in [2.05, 4.69) is 21.1 Å². The van der Waals surface area contributed by atoms with Gasteiger partial charge in [0.25, 0.3) is 0 Å². The molecule has 0 saturated carbocycles. The highest BCUT2D eigenvalue weighted by Gasteiger charge is 2.13. The molecule has 1 aromatic heterocycles. The molecule has 16 heavy (non-hydrogen) atoms. The molecule has 2 rings (SSSR count). The van der Waals surface area contributed by atoms with Crippen LogP contribution in [-0.2, 0) is 6.67 Å². The van der Waals surface area contributed by atoms with Crippen LogP contribution in [0.25, 0.3) is 10.2 Å². The predicted octanol–water partition coefficient (Wildman–Crippen LogP) is 2.15. The summed E-state index contributed by atoms with van der Waals surface area (Å²) in [5.74, 6) is 0. The molecule has 88 valence electrons. The molecule has 0 atom stereocenters. The number of hydrogen-bond acceptors (Lipinski definition) is 2. The lowest BCUT2D eigenvalue weighted by Gasteiger charge is -2.24. The van der Waals surface area contributed by atoms with Crippen LogP contribution in [0.4, 0.5) is 0 Å². The molecule has 1 heterocycles. The molecule has 0 fully saturated rings. The van der Waals surface area contributed by atoms with Crippen molar-refractivity contribution in [3.8, 4) is 0 Å². The zero-order chi connectivity index (χ0) is 11.1. The van der Waals surface area contributed by atoms with Crippen LogP contribution in [0.2, 0.25) is 0 Å². The van der Waals surface area contributed by atoms with E-state index in [4.69, 9.17) is 0 Å². The summed E-state index contributed by atoms with van der Waals surface area (Å²) in [7, 11) is 6.25. The molecule has 0 bridgehead atoms. The van der Waals surface area contributed by atoms with Gasteiger partial charge in [0.1, 0.15) is 0 Å². The maximum Gasteiger partial charge on any atom is 0.312 e. The van der Waals surface area contributed by atoms with Crippen molar-refractivity contribution >= 4 is 34.0 Å². The van der Waals surface area contributed by atoms with E-state index in [-0.39, 0.29) is 17.3 Å². The number of hydrogen-bond donors (Lipinski definition) is 0. The van der Waals surface area contributed by atoms with Crippen molar-refractivity contribution in [3.63, 3.8) is 0 Å². The molecule has 0 unspecified atom stereocenters. The third kappa shape index (κ3) is 2.64. The fraction of sp³-hybridized carbons (Fsp3) is 0.364. The minimum absolute atomic E-state index is 0. The average molecular weight is 260 g/mol. The molecule has 0 radical (unpaired) electrons. The monoisotopic (exact) mass is 259 g/mol. The van der Waals surface area contributed by atoms with Gasteiger partial charge in [-0.3, -0.25) is 9.36 Å². The summed E-state index contributed by atoms with van der Waals surface area (Å²) in [6, 6.07) is 7.94. The number of quaternary nitrogens is 1. The van der Waals surface area contributed by atoms with Crippen molar-refractivity contribution in [1.29, 1.82) is 0 Å². The number of benzene rings is 1. The van der Waals surface area contributed by atoms with E-state index in [0.29, 0.717) is 6.67 Å². The molecule has 1 aromatic carbocycles. The van der Waals surface area contributed by atoms with Crippen molar-refractivity contribution in [2.45, 2.75) is 6.67 Å². The van der Waals surface area contributed by atoms with Crippen molar-refractivity contribution in [2.75, 3.05) is 21.1 Å². The van der Waals surface area contributed by atoms with E-state index in [1.54, 1.807) is 0 Å². The SMILES string of the molecule is C[N+](C)(C)Cn1c(=O)sc2ccccc21.Cl. The molecule has 5 heteroatoms. The van der Waals surface area contributed by atoms with Crippen LogP contribution in [-0.4, -0.2) is 30.2 Å². The Morgan fingerprint density at radius 3 is 2.50 bits per heavy atom. The standard InChI is InChI=1S/C11H15N2OS.ClH/c1-13(2,3)8-12-9-6-4-5-7-10(9)15-11(12)14;/h4-7H,8H2,1-3H3;1H/q+1;. The number of rotatable bonds is 2. The number of halogens is 1. The second-order valence-electron chi connectivity index (χ2n) is 4.70. The number of thiazole rings is 1. The minimum Gasteiger partial charge on any atom is -0.313 e. The van der Waals surface area contributed by atoms with Crippen LogP contribution < -0.4 is 4.87 Å². The number of para-hydroxylation sites is 1. The molecule has 3 nitrogen and oxygen atoms in total. The highest BCUT2D eigenvalue weighted by atomic mass is 35.5. The van der Waals surface area contributed by atoms with E-state index in [0.717, 1.165) is 14.7 Å². The first-order valence-electron chi connectivity index (χ1n) is 4.86. The molecule has 0 saturated heterocycles. The number of aromatic nitrogens is 1. The van der Waals surface area contributed by atoms with E-state index >= 15 is 0 Å². The van der Waals surface area contributed by atoms with Crippen molar-refractivity contribution in [1.82, 2.24) is 4.57 Å². The first kappa shape index (κ1) is 13.2. The third-order valence-electron chi connectivity index (χ3n) is 2.14. The normalized spacial score (nSPS) is 11.4. The van der Waals surface area contributed by atoms with Gasteiger partial charge in [-0.05, 0) is 12.1 Å². The molecule has 0 amide bonds. The van der Waals surface area contributed by atoms with Crippen LogP contribution in [0.1, 0.15) is 0 Å². The highest BCUT2D eigenvalue weighted by Crippen LogP contribution is 2.17. The van der Waals surface area contributed by atoms with Crippen molar-refractivity contribution in [3.05, 3.63) is 33.9 Å². The molecule has 2 aromatic rings. The van der Waals surface area contributed by atoms with E-state index in [9.17, 15) is 4.79 Å². The van der Waals surface area contributed by atoms with E-state index in [1.165, 1.54) is 11.3 Å². The fourth-order valence-corrected chi connectivity index (χ4v) is 2.46. The topological polar surface area (TPSA) is 22.0 Å². The van der Waals surface area contributed by atoms with Gasteiger partial charge in [-0.15, -0.1) is 12.4 Å². The third-order valence-corrected chi connectivity index (χ3v) is 3.10. The average Bonchev–Trinajstić information content (AvgIpc) is 2.41. The lowest BCUT2D eigenvalue weighted by atomic mass is 10.3. The van der Waals surface area contributed by atoms with Crippen molar-refractivity contribution in [2.24, 2.45) is 0 Å². The minimum atomic E-state index is 0. The van der Waals surface area contributed by atoms with Gasteiger partial charge in [0.2, 0.25) is 0 Å². The summed E-state index contributed by atoms with van der Waals surface area (Å²) in [6.45, 7) is 0.711. The maximum absolute atomic E-state index is 11.8. The summed E-state index contributed by atoms with van der Waals surface area (Å²) in [5.41, 5.74) is 1.04. The second-order valence-corrected chi connectivity index (χ2v) is 5.69. The molecule has 0 N–H and O–H groups in total. The first-order valence-corrected chi connectivity index (χ1v) is 5.68. The van der Waals surface area contributed by atoms with Crippen LogP contribution in [0.5, 0.6) is 0 Å². The molecular weight excluding hydrogens is 244 g/mol. The highest BCUT2D eigenvalue weighted by molar-refractivity contribution is 7.16. The van der Waals surface area contributed by atoms with Gasteiger partial charge < -0.3 is 4.48 Å². The molecular formula is C11H16ClN2OS+. The van der Waals surface area contributed by atoms with Crippen LogP contribution in [0.15, 0.2) is 29.1 Å². The van der Waals surface area contributed by atoms with Gasteiger partial charge in [0.05, 0.1) is 31.4 Å². The van der Waals surface area contributed by atoms with Gasteiger partial charge in [-0.2, -0.15) is 0 Å². The Balaban J connectivity index is 0.00000128. The zero-order valence-corrected chi connectivity index (χ0v) is 11.3. The Kier molecular flexibility index (Phi) is 3.78. The summed E-state index contributed by atoms with van der Waals surface area (Å²) in [4.78, 5) is 11.9.